The second-order valence-corrected chi connectivity index (χ2v) is 10.9. The van der Waals surface area contributed by atoms with Crippen molar-refractivity contribution in [1.29, 1.82) is 0 Å². The monoisotopic (exact) mass is 520 g/mol. The maximum Gasteiger partial charge on any atom is 0.319 e. The summed E-state index contributed by atoms with van der Waals surface area (Å²) in [5.41, 5.74) is 3.95. The highest BCUT2D eigenvalue weighted by Gasteiger charge is 2.27. The van der Waals surface area contributed by atoms with Gasteiger partial charge < -0.3 is 24.2 Å². The minimum atomic E-state index is 0.230. The number of likely N-dealkylation sites (tertiary alicyclic amines) is 1. The van der Waals surface area contributed by atoms with E-state index in [-0.39, 0.29) is 11.8 Å². The predicted octanol–water partition coefficient (Wildman–Crippen LogP) is 5.23. The van der Waals surface area contributed by atoms with E-state index >= 15 is 0 Å². The van der Waals surface area contributed by atoms with Crippen LogP contribution >= 0.6 is 0 Å². The number of nitrogens with zero attached hydrogens (tertiary/aromatic N) is 6. The van der Waals surface area contributed by atoms with Gasteiger partial charge in [0.25, 0.3) is 0 Å². The molecule has 5 aromatic rings. The van der Waals surface area contributed by atoms with Gasteiger partial charge in [-0.05, 0) is 79.5 Å². The second kappa shape index (κ2) is 9.54. The molecule has 0 saturated carbocycles. The van der Waals surface area contributed by atoms with Gasteiger partial charge in [-0.25, -0.2) is 4.98 Å². The molecule has 2 atom stereocenters. The van der Waals surface area contributed by atoms with Crippen molar-refractivity contribution in [3.63, 3.8) is 0 Å². The van der Waals surface area contributed by atoms with Gasteiger partial charge in [0.1, 0.15) is 18.2 Å². The zero-order valence-corrected chi connectivity index (χ0v) is 22.3. The molecule has 0 aliphatic carbocycles. The van der Waals surface area contributed by atoms with Gasteiger partial charge in [0.05, 0.1) is 24.1 Å². The Hall–Kier alpha value is -4.17. The van der Waals surface area contributed by atoms with Crippen molar-refractivity contribution < 1.29 is 9.84 Å². The smallest absolute Gasteiger partial charge is 0.319 e. The van der Waals surface area contributed by atoms with Crippen LogP contribution in [-0.2, 0) is 13.1 Å². The summed E-state index contributed by atoms with van der Waals surface area (Å²) in [7, 11) is 2.15. The number of likely N-dealkylation sites (N-methyl/N-ethyl adjacent to an activating group) is 1. The van der Waals surface area contributed by atoms with Crippen molar-refractivity contribution in [2.24, 2.45) is 0 Å². The number of aromatic nitrogens is 4. The number of phenols is 1. The fourth-order valence-electron chi connectivity index (χ4n) is 6.08. The topological polar surface area (TPSA) is 79.5 Å². The van der Waals surface area contributed by atoms with Gasteiger partial charge >= 0.3 is 6.01 Å². The molecule has 8 heteroatoms. The van der Waals surface area contributed by atoms with Crippen LogP contribution in [0.4, 0.5) is 5.82 Å². The second-order valence-electron chi connectivity index (χ2n) is 10.9. The summed E-state index contributed by atoms with van der Waals surface area (Å²) in [4.78, 5) is 18.9. The normalized spacial score (nSPS) is 19.6. The van der Waals surface area contributed by atoms with Crippen LogP contribution in [-0.4, -0.2) is 61.8 Å². The molecule has 3 aromatic carbocycles. The Morgan fingerprint density at radius 3 is 2.82 bits per heavy atom. The van der Waals surface area contributed by atoms with Crippen molar-refractivity contribution in [2.75, 3.05) is 25.1 Å². The van der Waals surface area contributed by atoms with Crippen LogP contribution in [0.3, 0.4) is 0 Å². The molecule has 0 spiro atoms. The number of hydrogen-bond acceptors (Lipinski definition) is 7. The van der Waals surface area contributed by atoms with Gasteiger partial charge in [0.15, 0.2) is 0 Å². The molecule has 39 heavy (non-hydrogen) atoms. The number of benzene rings is 3. The third-order valence-electron chi connectivity index (χ3n) is 8.29. The molecule has 0 unspecified atom stereocenters. The largest absolute Gasteiger partial charge is 0.508 e. The number of rotatable bonds is 5. The lowest BCUT2D eigenvalue weighted by atomic mass is 9.97. The molecular formula is C31H32N6O2. The molecule has 2 aromatic heterocycles. The first kappa shape index (κ1) is 23.9. The Morgan fingerprint density at radius 2 is 1.95 bits per heavy atom. The molecule has 2 aliphatic rings. The van der Waals surface area contributed by atoms with E-state index in [9.17, 15) is 5.11 Å². The number of anilines is 1. The lowest BCUT2D eigenvalue weighted by Crippen LogP contribution is -2.41. The molecule has 0 radical (unpaired) electrons. The van der Waals surface area contributed by atoms with Crippen molar-refractivity contribution in [2.45, 2.75) is 44.9 Å². The van der Waals surface area contributed by atoms with E-state index in [1.807, 2.05) is 36.8 Å². The molecular weight excluding hydrogens is 488 g/mol. The van der Waals surface area contributed by atoms with Gasteiger partial charge in [0, 0.05) is 30.2 Å². The third-order valence-corrected chi connectivity index (χ3v) is 8.29. The van der Waals surface area contributed by atoms with E-state index in [4.69, 9.17) is 14.7 Å². The summed E-state index contributed by atoms with van der Waals surface area (Å²) in [6.45, 7) is 5.45. The molecule has 8 nitrogen and oxygen atoms in total. The van der Waals surface area contributed by atoms with Crippen LogP contribution in [0.2, 0.25) is 0 Å². The highest BCUT2D eigenvalue weighted by molar-refractivity contribution is 6.00. The van der Waals surface area contributed by atoms with E-state index in [0.717, 1.165) is 70.4 Å². The highest BCUT2D eigenvalue weighted by Crippen LogP contribution is 2.37. The van der Waals surface area contributed by atoms with Gasteiger partial charge in [-0.2, -0.15) is 9.97 Å². The maximum absolute atomic E-state index is 10.5. The minimum Gasteiger partial charge on any atom is -0.508 e. The first-order chi connectivity index (χ1) is 19.0. The first-order valence-electron chi connectivity index (χ1n) is 13.7. The molecule has 198 valence electrons. The Morgan fingerprint density at radius 1 is 1.05 bits per heavy atom. The standard InChI is InChI=1S/C31H32N6O2/c1-20-16-36-19-32-15-24(36)17-37(20)30-27-10-9-22(28-14-25(38)12-21-6-3-4-8-26(21)28)13-29(27)33-31(34-30)39-18-23-7-5-11-35(23)2/h3-4,6,8-10,12-15,19-20,23,38H,5,7,11,16-18H2,1-2H3/t20-,23+/m1/s1. The summed E-state index contributed by atoms with van der Waals surface area (Å²) in [6.07, 6.45) is 6.15. The number of aromatic hydroxyl groups is 1. The van der Waals surface area contributed by atoms with E-state index in [1.165, 1.54) is 6.42 Å². The average Bonchev–Trinajstić information content (AvgIpc) is 3.58. The first-order valence-corrected chi connectivity index (χ1v) is 13.7. The summed E-state index contributed by atoms with van der Waals surface area (Å²) >= 11 is 0. The Kier molecular flexibility index (Phi) is 5.85. The third kappa shape index (κ3) is 4.34. The van der Waals surface area contributed by atoms with E-state index in [0.29, 0.717) is 18.7 Å². The Balaban J connectivity index is 1.34. The highest BCUT2D eigenvalue weighted by atomic mass is 16.5. The van der Waals surface area contributed by atoms with Crippen molar-refractivity contribution >= 4 is 27.5 Å². The minimum absolute atomic E-state index is 0.230. The molecule has 2 aliphatic heterocycles. The van der Waals surface area contributed by atoms with Crippen LogP contribution in [0.1, 0.15) is 25.5 Å². The van der Waals surface area contributed by atoms with Crippen LogP contribution in [0.25, 0.3) is 32.8 Å². The Bertz CT molecular complexity index is 1680. The van der Waals surface area contributed by atoms with E-state index in [2.05, 4.69) is 57.6 Å². The molecule has 0 bridgehead atoms. The van der Waals surface area contributed by atoms with E-state index < -0.39 is 0 Å². The van der Waals surface area contributed by atoms with Crippen LogP contribution in [0, 0.1) is 0 Å². The number of ether oxygens (including phenoxy) is 1. The fourth-order valence-corrected chi connectivity index (χ4v) is 6.08. The van der Waals surface area contributed by atoms with Crippen LogP contribution in [0.5, 0.6) is 11.8 Å². The molecule has 0 amide bonds. The number of imidazole rings is 1. The van der Waals surface area contributed by atoms with Crippen molar-refractivity contribution in [3.05, 3.63) is 72.8 Å². The quantitative estimate of drug-likeness (QED) is 0.340. The number of hydrogen-bond donors (Lipinski definition) is 1. The zero-order chi connectivity index (χ0) is 26.5. The van der Waals surface area contributed by atoms with E-state index in [1.54, 1.807) is 6.07 Å². The van der Waals surface area contributed by atoms with Crippen LogP contribution in [0.15, 0.2) is 67.1 Å². The summed E-state index contributed by atoms with van der Waals surface area (Å²) in [5.74, 6) is 1.12. The number of fused-ring (bicyclic) bond motifs is 3. The van der Waals surface area contributed by atoms with Gasteiger partial charge in [-0.15, -0.1) is 0 Å². The van der Waals surface area contributed by atoms with Crippen LogP contribution < -0.4 is 9.64 Å². The molecule has 4 heterocycles. The average molecular weight is 521 g/mol. The SMILES string of the molecule is C[C@@H]1Cn2cncc2CN1c1nc(OC[C@@H]2CCCN2C)nc2cc(-c3cc(O)cc4ccccc34)ccc12. The van der Waals surface area contributed by atoms with Crippen molar-refractivity contribution in [1.82, 2.24) is 24.4 Å². The summed E-state index contributed by atoms with van der Waals surface area (Å²) < 4.78 is 8.49. The summed E-state index contributed by atoms with van der Waals surface area (Å²) in [5, 5.41) is 13.5. The van der Waals surface area contributed by atoms with Crippen molar-refractivity contribution in [3.8, 4) is 22.9 Å². The van der Waals surface area contributed by atoms with Gasteiger partial charge in [0.2, 0.25) is 0 Å². The fraction of sp³-hybridized carbons (Fsp3) is 0.323. The Labute approximate surface area is 227 Å². The predicted molar refractivity (Wildman–Crippen MR) is 153 cm³/mol. The molecule has 7 rings (SSSR count). The van der Waals surface area contributed by atoms with Gasteiger partial charge in [-0.3, -0.25) is 0 Å². The van der Waals surface area contributed by atoms with Gasteiger partial charge in [-0.1, -0.05) is 30.3 Å². The maximum atomic E-state index is 10.5. The molecule has 1 fully saturated rings. The lowest BCUT2D eigenvalue weighted by Gasteiger charge is -2.36. The summed E-state index contributed by atoms with van der Waals surface area (Å²) in [6, 6.07) is 19.1. The molecule has 1 saturated heterocycles. The number of phenolic OH excluding ortho intramolecular Hbond substituents is 1. The lowest BCUT2D eigenvalue weighted by molar-refractivity contribution is 0.188. The molecule has 1 N–H and O–H groups in total. The zero-order valence-electron chi connectivity index (χ0n) is 22.3.